The van der Waals surface area contributed by atoms with E-state index >= 15 is 0 Å². The van der Waals surface area contributed by atoms with E-state index in [0.717, 1.165) is 0 Å². The summed E-state index contributed by atoms with van der Waals surface area (Å²) in [6.45, 7) is 1.10. The number of fused-ring (bicyclic) bond motifs is 1. The highest BCUT2D eigenvalue weighted by atomic mass is 32.3. The Kier molecular flexibility index (Phi) is 6.42. The normalized spacial score (nSPS) is 16.8. The average molecular weight is 458 g/mol. The summed E-state index contributed by atoms with van der Waals surface area (Å²) in [6.07, 6.45) is 1.56. The molecule has 1 saturated heterocycles. The second-order valence-electron chi connectivity index (χ2n) is 7.27. The van der Waals surface area contributed by atoms with Gasteiger partial charge in [0, 0.05) is 26.4 Å². The van der Waals surface area contributed by atoms with Crippen LogP contribution in [0.3, 0.4) is 0 Å². The Labute approximate surface area is 185 Å². The van der Waals surface area contributed by atoms with Gasteiger partial charge < -0.3 is 14.2 Å². The monoisotopic (exact) mass is 457 g/mol. The minimum Gasteiger partial charge on any atom is -0.593 e. The van der Waals surface area contributed by atoms with Crippen molar-refractivity contribution < 1.29 is 18.3 Å². The fourth-order valence-electron chi connectivity index (χ4n) is 3.63. The highest BCUT2D eigenvalue weighted by Crippen LogP contribution is 2.22. The van der Waals surface area contributed by atoms with Crippen molar-refractivity contribution in [3.05, 3.63) is 64.7 Å². The molecular formula is C21H23N5O5S. The van der Waals surface area contributed by atoms with E-state index < -0.39 is 21.9 Å². The highest BCUT2D eigenvalue weighted by molar-refractivity contribution is 7.95. The van der Waals surface area contributed by atoms with Crippen LogP contribution in [0.15, 0.2) is 58.4 Å². The van der Waals surface area contributed by atoms with Crippen molar-refractivity contribution in [2.75, 3.05) is 39.9 Å². The molecule has 2 aromatic heterocycles. The van der Waals surface area contributed by atoms with Crippen LogP contribution < -0.4 is 5.56 Å². The Morgan fingerprint density at radius 2 is 1.84 bits per heavy atom. The van der Waals surface area contributed by atoms with Crippen LogP contribution in [0.2, 0.25) is 0 Å². The quantitative estimate of drug-likeness (QED) is 0.502. The Hall–Kier alpha value is -2.99. The molecule has 1 aliphatic heterocycles. The number of amides is 1. The number of piperazine rings is 1. The zero-order valence-electron chi connectivity index (χ0n) is 17.5. The molecule has 0 spiro atoms. The second kappa shape index (κ2) is 9.25. The van der Waals surface area contributed by atoms with Crippen LogP contribution in [0.1, 0.15) is 10.5 Å². The fourth-order valence-corrected chi connectivity index (χ4v) is 5.07. The van der Waals surface area contributed by atoms with E-state index in [2.05, 4.69) is 9.97 Å². The van der Waals surface area contributed by atoms with Gasteiger partial charge in [0.15, 0.2) is 26.6 Å². The lowest BCUT2D eigenvalue weighted by molar-refractivity contribution is 0.0684. The number of pyridine rings is 1. The minimum absolute atomic E-state index is 0.135. The maximum atomic E-state index is 13.1. The Morgan fingerprint density at radius 3 is 2.53 bits per heavy atom. The molecule has 1 aromatic carbocycles. The highest BCUT2D eigenvalue weighted by Gasteiger charge is 2.35. The van der Waals surface area contributed by atoms with Gasteiger partial charge >= 0.3 is 0 Å². The molecule has 0 bridgehead atoms. The SMILES string of the molecule is COCCn1c(=O)c(C(=O)N2CCN([S+](=O)([O-])c3ccccc3)CC2)nc2cccnc21. The van der Waals surface area contributed by atoms with E-state index in [1.165, 1.54) is 20.9 Å². The minimum atomic E-state index is -3.64. The summed E-state index contributed by atoms with van der Waals surface area (Å²) in [5.74, 6) is -0.524. The topological polar surface area (TPSA) is 121 Å². The molecule has 3 heterocycles. The third-order valence-electron chi connectivity index (χ3n) is 5.33. The number of nitrogens with zero attached hydrogens (tertiary/aromatic N) is 5. The van der Waals surface area contributed by atoms with Crippen LogP contribution in [-0.2, 0) is 25.9 Å². The molecule has 0 radical (unpaired) electrons. The van der Waals surface area contributed by atoms with E-state index in [9.17, 15) is 18.4 Å². The lowest BCUT2D eigenvalue weighted by Gasteiger charge is -2.35. The van der Waals surface area contributed by atoms with Gasteiger partial charge in [-0.15, -0.1) is 4.31 Å². The number of benzene rings is 1. The molecule has 11 heteroatoms. The van der Waals surface area contributed by atoms with Crippen LogP contribution in [-0.4, -0.2) is 74.1 Å². The predicted octanol–water partition coefficient (Wildman–Crippen LogP) is 0.800. The molecule has 3 aromatic rings. The number of carbonyl (C=O) groups is 1. The van der Waals surface area contributed by atoms with Gasteiger partial charge in [-0.3, -0.25) is 14.2 Å². The second-order valence-corrected chi connectivity index (χ2v) is 9.20. The van der Waals surface area contributed by atoms with E-state index in [0.29, 0.717) is 11.2 Å². The first kappa shape index (κ1) is 22.2. The standard InChI is InChI=1S/C21H23N5O5S/c1-31-15-14-26-19-17(8-5-9-22-19)23-18(21(26)28)20(27)24-10-12-25(13-11-24)32(29,30)16-6-3-2-4-7-16/h2-9H,10-15H2,1H3. The molecule has 0 saturated carbocycles. The number of aromatic nitrogens is 3. The van der Waals surface area contributed by atoms with E-state index in [1.54, 1.807) is 48.7 Å². The molecule has 1 aliphatic rings. The molecule has 1 atom stereocenters. The first-order valence-corrected chi connectivity index (χ1v) is 11.6. The van der Waals surface area contributed by atoms with E-state index in [1.807, 2.05) is 0 Å². The Balaban J connectivity index is 1.56. The summed E-state index contributed by atoms with van der Waals surface area (Å²) in [5, 5.41) is 0. The molecule has 10 nitrogen and oxygen atoms in total. The van der Waals surface area contributed by atoms with Crippen LogP contribution in [0, 0.1) is 0 Å². The zero-order valence-corrected chi connectivity index (χ0v) is 18.4. The lowest BCUT2D eigenvalue weighted by atomic mass is 10.3. The molecule has 168 valence electrons. The largest absolute Gasteiger partial charge is 0.593 e. The van der Waals surface area contributed by atoms with Gasteiger partial charge in [0.25, 0.3) is 11.5 Å². The van der Waals surface area contributed by atoms with Crippen molar-refractivity contribution in [1.82, 2.24) is 23.7 Å². The summed E-state index contributed by atoms with van der Waals surface area (Å²) < 4.78 is 33.4. The van der Waals surface area contributed by atoms with Crippen LogP contribution in [0.5, 0.6) is 0 Å². The zero-order chi connectivity index (χ0) is 22.7. The van der Waals surface area contributed by atoms with E-state index in [-0.39, 0.29) is 49.9 Å². The summed E-state index contributed by atoms with van der Waals surface area (Å²) in [6, 6.07) is 11.5. The van der Waals surface area contributed by atoms with Crippen molar-refractivity contribution >= 4 is 27.5 Å². The number of ether oxygens (including phenoxy) is 1. The van der Waals surface area contributed by atoms with Crippen LogP contribution in [0.25, 0.3) is 11.2 Å². The maximum absolute atomic E-state index is 13.1. The summed E-state index contributed by atoms with van der Waals surface area (Å²) >= 11 is 0. The van der Waals surface area contributed by atoms with Crippen molar-refractivity contribution in [3.63, 3.8) is 0 Å². The number of methoxy groups -OCH3 is 1. The average Bonchev–Trinajstić information content (AvgIpc) is 2.83. The number of hydrogen-bond acceptors (Lipinski definition) is 7. The van der Waals surface area contributed by atoms with Gasteiger partial charge in [-0.05, 0) is 24.3 Å². The predicted molar refractivity (Wildman–Crippen MR) is 117 cm³/mol. The van der Waals surface area contributed by atoms with Crippen molar-refractivity contribution in [1.29, 1.82) is 0 Å². The van der Waals surface area contributed by atoms with Crippen molar-refractivity contribution in [3.8, 4) is 0 Å². The van der Waals surface area contributed by atoms with Crippen molar-refractivity contribution in [2.45, 2.75) is 11.4 Å². The summed E-state index contributed by atoms with van der Waals surface area (Å²) in [5.41, 5.74) is 0.0558. The van der Waals surface area contributed by atoms with Crippen LogP contribution in [0.4, 0.5) is 0 Å². The molecule has 1 unspecified atom stereocenters. The molecule has 0 N–H and O–H groups in total. The lowest BCUT2D eigenvalue weighted by Crippen LogP contribution is -2.53. The van der Waals surface area contributed by atoms with Crippen LogP contribution >= 0.6 is 0 Å². The molecule has 0 aliphatic carbocycles. The third-order valence-corrected chi connectivity index (χ3v) is 7.24. The first-order chi connectivity index (χ1) is 15.4. The molecular weight excluding hydrogens is 434 g/mol. The van der Waals surface area contributed by atoms with Gasteiger partial charge in [-0.2, -0.15) is 0 Å². The summed E-state index contributed by atoms with van der Waals surface area (Å²) in [7, 11) is -2.11. The van der Waals surface area contributed by atoms with Gasteiger partial charge in [0.05, 0.1) is 26.2 Å². The van der Waals surface area contributed by atoms with Crippen molar-refractivity contribution in [2.24, 2.45) is 0 Å². The van der Waals surface area contributed by atoms with E-state index in [4.69, 9.17) is 4.74 Å². The number of hydrogen-bond donors (Lipinski definition) is 0. The Bertz CT molecular complexity index is 1220. The fraction of sp³-hybridized carbons (Fsp3) is 0.333. The van der Waals surface area contributed by atoms with Gasteiger partial charge in [-0.1, -0.05) is 22.4 Å². The number of sulfonamides is 1. The summed E-state index contributed by atoms with van der Waals surface area (Å²) in [4.78, 5) is 36.3. The first-order valence-electron chi connectivity index (χ1n) is 10.1. The van der Waals surface area contributed by atoms with Gasteiger partial charge in [0.2, 0.25) is 0 Å². The molecule has 4 rings (SSSR count). The molecule has 1 amide bonds. The molecule has 32 heavy (non-hydrogen) atoms. The van der Waals surface area contributed by atoms with Gasteiger partial charge in [0.1, 0.15) is 5.52 Å². The maximum Gasteiger partial charge on any atom is 0.283 e. The number of carbonyl (C=O) groups excluding carboxylic acids is 1. The molecule has 1 fully saturated rings. The third kappa shape index (κ3) is 4.19. The number of rotatable bonds is 6. The Morgan fingerprint density at radius 1 is 1.12 bits per heavy atom. The van der Waals surface area contributed by atoms with Gasteiger partial charge in [-0.25, -0.2) is 9.97 Å². The smallest absolute Gasteiger partial charge is 0.283 e.